The Bertz CT molecular complexity index is 868. The summed E-state index contributed by atoms with van der Waals surface area (Å²) in [6.07, 6.45) is -3.80. The maximum absolute atomic E-state index is 12.9. The molecule has 1 aromatic carbocycles. The van der Waals surface area contributed by atoms with Crippen molar-refractivity contribution < 1.29 is 27.2 Å². The van der Waals surface area contributed by atoms with Crippen molar-refractivity contribution in [2.24, 2.45) is 0 Å². The van der Waals surface area contributed by atoms with Gasteiger partial charge in [-0.25, -0.2) is 4.79 Å². The molecule has 1 aromatic heterocycles. The van der Waals surface area contributed by atoms with Gasteiger partial charge in [-0.2, -0.15) is 18.2 Å². The van der Waals surface area contributed by atoms with Gasteiger partial charge >= 0.3 is 12.2 Å². The fraction of sp³-hybridized carbons (Fsp3) is 0.571. The van der Waals surface area contributed by atoms with Crippen molar-refractivity contribution in [3.8, 4) is 0 Å². The fourth-order valence-corrected chi connectivity index (χ4v) is 3.65. The Balaban J connectivity index is 1.82. The highest BCUT2D eigenvalue weighted by atomic mass is 19.4. The molecule has 2 heterocycles. The average Bonchev–Trinajstić information content (AvgIpc) is 3.24. The summed E-state index contributed by atoms with van der Waals surface area (Å²) in [5, 5.41) is 6.81. The first-order valence-electron chi connectivity index (χ1n) is 10.2. The molecule has 0 radical (unpaired) electrons. The van der Waals surface area contributed by atoms with E-state index in [-0.39, 0.29) is 23.8 Å². The van der Waals surface area contributed by atoms with E-state index in [9.17, 15) is 18.0 Å². The molecular formula is C21H27F3N4O3. The minimum absolute atomic E-state index is 0.0974. The van der Waals surface area contributed by atoms with Crippen molar-refractivity contribution in [3.63, 3.8) is 0 Å². The van der Waals surface area contributed by atoms with Crippen LogP contribution in [0.25, 0.3) is 0 Å². The molecule has 0 aliphatic carbocycles. The number of hydrogen-bond acceptors (Lipinski definition) is 5. The number of hydrogen-bond donors (Lipinski definition) is 1. The average molecular weight is 440 g/mol. The van der Waals surface area contributed by atoms with Crippen molar-refractivity contribution in [2.75, 3.05) is 33.4 Å². The highest BCUT2D eigenvalue weighted by Gasteiger charge is 2.35. The van der Waals surface area contributed by atoms with Crippen molar-refractivity contribution in [1.29, 1.82) is 0 Å². The number of benzene rings is 1. The molecule has 10 heteroatoms. The number of piperidine rings is 1. The largest absolute Gasteiger partial charge is 0.416 e. The number of nitrogens with zero attached hydrogens (tertiary/aromatic N) is 3. The molecule has 170 valence electrons. The SMILES string of the molecule is COCCNC(=O)N1CC(c2ccc(C(F)(F)F)cc2)CC(c2nc(C(C)C)no2)C1. The fourth-order valence-electron chi connectivity index (χ4n) is 3.65. The van der Waals surface area contributed by atoms with Crippen LogP contribution in [0.5, 0.6) is 0 Å². The lowest BCUT2D eigenvalue weighted by molar-refractivity contribution is -0.137. The van der Waals surface area contributed by atoms with Gasteiger partial charge in [0.05, 0.1) is 18.1 Å². The Morgan fingerprint density at radius 1 is 1.26 bits per heavy atom. The number of alkyl halides is 3. The van der Waals surface area contributed by atoms with Gasteiger partial charge in [0, 0.05) is 38.6 Å². The first-order chi connectivity index (χ1) is 14.7. The summed E-state index contributed by atoms with van der Waals surface area (Å²) in [4.78, 5) is 18.8. The molecule has 1 saturated heterocycles. The van der Waals surface area contributed by atoms with Gasteiger partial charge in [-0.3, -0.25) is 0 Å². The second-order valence-corrected chi connectivity index (χ2v) is 8.02. The second kappa shape index (κ2) is 9.67. The van der Waals surface area contributed by atoms with Crippen LogP contribution in [-0.2, 0) is 10.9 Å². The summed E-state index contributed by atoms with van der Waals surface area (Å²) in [5.41, 5.74) is 0.0345. The number of methoxy groups -OCH3 is 1. The molecule has 2 amide bonds. The van der Waals surface area contributed by atoms with Gasteiger partial charge in [0.25, 0.3) is 0 Å². The zero-order valence-electron chi connectivity index (χ0n) is 17.8. The third-order valence-electron chi connectivity index (χ3n) is 5.35. The third kappa shape index (κ3) is 5.75. The standard InChI is InChI=1S/C21H27F3N4O3/c1-13(2)18-26-19(31-27-18)16-10-15(11-28(12-16)20(29)25-8-9-30-3)14-4-6-17(7-5-14)21(22,23)24/h4-7,13,15-16H,8-12H2,1-3H3,(H,25,29). The van der Waals surface area contributed by atoms with Crippen molar-refractivity contribution in [2.45, 2.75) is 44.2 Å². The molecule has 0 spiro atoms. The quantitative estimate of drug-likeness (QED) is 0.683. The summed E-state index contributed by atoms with van der Waals surface area (Å²) in [6.45, 7) is 5.42. The third-order valence-corrected chi connectivity index (χ3v) is 5.35. The first kappa shape index (κ1) is 23.1. The lowest BCUT2D eigenvalue weighted by Gasteiger charge is -2.36. The zero-order valence-corrected chi connectivity index (χ0v) is 17.8. The van der Waals surface area contributed by atoms with E-state index < -0.39 is 11.7 Å². The van der Waals surface area contributed by atoms with Gasteiger partial charge in [0.1, 0.15) is 0 Å². The Morgan fingerprint density at radius 2 is 1.94 bits per heavy atom. The normalized spacial score (nSPS) is 19.6. The maximum Gasteiger partial charge on any atom is 0.416 e. The van der Waals surface area contributed by atoms with Crippen LogP contribution in [-0.4, -0.2) is 54.4 Å². The molecule has 2 aromatic rings. The number of urea groups is 1. The summed E-state index contributed by atoms with van der Waals surface area (Å²) in [6, 6.07) is 4.84. The lowest BCUT2D eigenvalue weighted by atomic mass is 9.84. The molecule has 1 fully saturated rings. The van der Waals surface area contributed by atoms with Crippen molar-refractivity contribution in [1.82, 2.24) is 20.4 Å². The van der Waals surface area contributed by atoms with Crippen LogP contribution in [0.1, 0.15) is 60.9 Å². The second-order valence-electron chi connectivity index (χ2n) is 8.02. The van der Waals surface area contributed by atoms with Crippen LogP contribution in [0, 0.1) is 0 Å². The lowest BCUT2D eigenvalue weighted by Crippen LogP contribution is -2.48. The molecule has 2 unspecified atom stereocenters. The topological polar surface area (TPSA) is 80.5 Å². The Labute approximate surface area is 178 Å². The van der Waals surface area contributed by atoms with E-state index in [4.69, 9.17) is 9.26 Å². The molecule has 0 saturated carbocycles. The Kier molecular flexibility index (Phi) is 7.19. The predicted molar refractivity (Wildman–Crippen MR) is 107 cm³/mol. The highest BCUT2D eigenvalue weighted by molar-refractivity contribution is 5.74. The highest BCUT2D eigenvalue weighted by Crippen LogP contribution is 2.37. The van der Waals surface area contributed by atoms with Gasteiger partial charge in [0.2, 0.25) is 5.89 Å². The van der Waals surface area contributed by atoms with Crippen LogP contribution in [0.3, 0.4) is 0 Å². The van der Waals surface area contributed by atoms with Crippen LogP contribution < -0.4 is 5.32 Å². The van der Waals surface area contributed by atoms with E-state index in [1.54, 1.807) is 12.0 Å². The summed E-state index contributed by atoms with van der Waals surface area (Å²) in [7, 11) is 1.55. The van der Waals surface area contributed by atoms with E-state index in [1.165, 1.54) is 12.1 Å². The molecular weight excluding hydrogens is 413 g/mol. The van der Waals surface area contributed by atoms with Crippen molar-refractivity contribution in [3.05, 3.63) is 47.1 Å². The molecule has 31 heavy (non-hydrogen) atoms. The smallest absolute Gasteiger partial charge is 0.383 e. The van der Waals surface area contributed by atoms with E-state index in [0.717, 1.165) is 17.7 Å². The van der Waals surface area contributed by atoms with Crippen LogP contribution in [0.15, 0.2) is 28.8 Å². The van der Waals surface area contributed by atoms with Gasteiger partial charge in [-0.1, -0.05) is 31.1 Å². The number of amides is 2. The minimum atomic E-state index is -4.39. The van der Waals surface area contributed by atoms with E-state index >= 15 is 0 Å². The van der Waals surface area contributed by atoms with Gasteiger partial charge < -0.3 is 19.5 Å². The molecule has 1 aliphatic heterocycles. The monoisotopic (exact) mass is 440 g/mol. The maximum atomic E-state index is 12.9. The number of rotatable bonds is 6. The van der Waals surface area contributed by atoms with E-state index in [2.05, 4.69) is 15.5 Å². The van der Waals surface area contributed by atoms with Crippen LogP contribution in [0.4, 0.5) is 18.0 Å². The van der Waals surface area contributed by atoms with Crippen LogP contribution >= 0.6 is 0 Å². The molecule has 3 rings (SSSR count). The minimum Gasteiger partial charge on any atom is -0.383 e. The van der Waals surface area contributed by atoms with Gasteiger partial charge in [-0.05, 0) is 24.1 Å². The first-order valence-corrected chi connectivity index (χ1v) is 10.2. The Morgan fingerprint density at radius 3 is 2.52 bits per heavy atom. The number of aromatic nitrogens is 2. The summed E-state index contributed by atoms with van der Waals surface area (Å²) in [5.74, 6) is 0.746. The Hall–Kier alpha value is -2.62. The summed E-state index contributed by atoms with van der Waals surface area (Å²) < 4.78 is 49.2. The predicted octanol–water partition coefficient (Wildman–Crippen LogP) is 4.14. The van der Waals surface area contributed by atoms with E-state index in [1.807, 2.05) is 13.8 Å². The molecule has 1 aliphatic rings. The molecule has 1 N–H and O–H groups in total. The zero-order chi connectivity index (χ0) is 22.6. The number of carbonyl (C=O) groups is 1. The molecule has 0 bridgehead atoms. The van der Waals surface area contributed by atoms with Gasteiger partial charge in [-0.15, -0.1) is 0 Å². The number of nitrogens with one attached hydrogen (secondary N) is 1. The molecule has 2 atom stereocenters. The number of ether oxygens (including phenoxy) is 1. The number of halogens is 3. The van der Waals surface area contributed by atoms with E-state index in [0.29, 0.717) is 44.4 Å². The van der Waals surface area contributed by atoms with Crippen molar-refractivity contribution >= 4 is 6.03 Å². The summed E-state index contributed by atoms with van der Waals surface area (Å²) >= 11 is 0. The van der Waals surface area contributed by atoms with Gasteiger partial charge in [0.15, 0.2) is 5.82 Å². The van der Waals surface area contributed by atoms with Crippen LogP contribution in [0.2, 0.25) is 0 Å². The molecule has 7 nitrogen and oxygen atoms in total. The number of likely N-dealkylation sites (tertiary alicyclic amines) is 1. The number of carbonyl (C=O) groups excluding carboxylic acids is 1.